The summed E-state index contributed by atoms with van der Waals surface area (Å²) >= 11 is 0. The number of nitrogens with zero attached hydrogens (tertiary/aromatic N) is 2. The molecule has 2 atom stereocenters. The number of non-ortho nitro benzene ring substituents is 1. The fourth-order valence-corrected chi connectivity index (χ4v) is 3.25. The highest BCUT2D eigenvalue weighted by Gasteiger charge is 2.25. The molecule has 3 rings (SSSR count). The number of nitro groups is 1. The predicted octanol–water partition coefficient (Wildman–Crippen LogP) is 3.45. The van der Waals surface area contributed by atoms with Gasteiger partial charge < -0.3 is 5.32 Å². The van der Waals surface area contributed by atoms with Crippen LogP contribution < -0.4 is 5.32 Å². The molecule has 0 radical (unpaired) electrons. The molecule has 2 aromatic rings. The minimum absolute atomic E-state index is 0.105. The van der Waals surface area contributed by atoms with Crippen molar-refractivity contribution >= 4 is 11.6 Å². The van der Waals surface area contributed by atoms with Crippen LogP contribution in [0.25, 0.3) is 0 Å². The maximum absolute atomic E-state index is 12.2. The second-order valence-corrected chi connectivity index (χ2v) is 6.10. The third-order valence-corrected chi connectivity index (χ3v) is 4.48. The number of aromatic nitrogens is 1. The number of carbonyl (C=O) groups excluding carboxylic acids is 1. The molecule has 1 aromatic heterocycles. The van der Waals surface area contributed by atoms with Crippen molar-refractivity contribution in [2.24, 2.45) is 0 Å². The molecule has 6 heteroatoms. The van der Waals surface area contributed by atoms with E-state index in [-0.39, 0.29) is 22.6 Å². The van der Waals surface area contributed by atoms with Gasteiger partial charge in [-0.3, -0.25) is 19.9 Å². The highest BCUT2D eigenvalue weighted by molar-refractivity contribution is 5.92. The molecule has 6 nitrogen and oxygen atoms in total. The molecular formula is C18H19N3O3. The van der Waals surface area contributed by atoms with Crippen molar-refractivity contribution in [2.45, 2.75) is 37.6 Å². The van der Waals surface area contributed by atoms with Crippen molar-refractivity contribution in [2.75, 3.05) is 0 Å². The Labute approximate surface area is 140 Å². The largest absolute Gasteiger partial charge is 0.348 e. The lowest BCUT2D eigenvalue weighted by Gasteiger charge is -2.30. The molecule has 1 aliphatic carbocycles. The van der Waals surface area contributed by atoms with Crippen LogP contribution >= 0.6 is 0 Å². The fraction of sp³-hybridized carbons (Fsp3) is 0.333. The molecule has 1 aliphatic rings. The molecular weight excluding hydrogens is 306 g/mol. The standard InChI is InChI=1S/C18H19N3O3/c22-18(17-6-1-2-11-19-17)20-15-5-3-4-14(12-15)13-7-9-16(10-8-13)21(23)24/h1-2,6-11,14-15H,3-5,12H2,(H,20,22)/t14-,15+/m1/s1. The smallest absolute Gasteiger partial charge is 0.270 e. The molecule has 1 N–H and O–H groups in total. The number of pyridine rings is 1. The van der Waals surface area contributed by atoms with Crippen LogP contribution in [-0.2, 0) is 0 Å². The molecule has 1 aromatic carbocycles. The number of carbonyl (C=O) groups is 1. The number of benzene rings is 1. The number of rotatable bonds is 4. The molecule has 0 spiro atoms. The number of hydrogen-bond acceptors (Lipinski definition) is 4. The Kier molecular flexibility index (Phi) is 4.84. The predicted molar refractivity (Wildman–Crippen MR) is 89.8 cm³/mol. The Morgan fingerprint density at radius 3 is 2.62 bits per heavy atom. The molecule has 0 aliphatic heterocycles. The van der Waals surface area contributed by atoms with Gasteiger partial charge in [0.2, 0.25) is 0 Å². The molecule has 0 unspecified atom stereocenters. The Morgan fingerprint density at radius 2 is 1.96 bits per heavy atom. The Balaban J connectivity index is 1.64. The number of hydrogen-bond donors (Lipinski definition) is 1. The first-order chi connectivity index (χ1) is 11.6. The van der Waals surface area contributed by atoms with Crippen molar-refractivity contribution in [1.82, 2.24) is 10.3 Å². The summed E-state index contributed by atoms with van der Waals surface area (Å²) in [5.41, 5.74) is 1.63. The Hall–Kier alpha value is -2.76. The quantitative estimate of drug-likeness (QED) is 0.689. The second kappa shape index (κ2) is 7.21. The molecule has 124 valence electrons. The maximum atomic E-state index is 12.2. The number of nitrogens with one attached hydrogen (secondary N) is 1. The van der Waals surface area contributed by atoms with Gasteiger partial charge in [-0.2, -0.15) is 0 Å². The average Bonchev–Trinajstić information content (AvgIpc) is 2.63. The third kappa shape index (κ3) is 3.76. The van der Waals surface area contributed by atoms with Gasteiger partial charge in [-0.1, -0.05) is 24.6 Å². The van der Waals surface area contributed by atoms with Crippen molar-refractivity contribution in [3.05, 3.63) is 70.0 Å². The van der Waals surface area contributed by atoms with E-state index in [2.05, 4.69) is 10.3 Å². The fourth-order valence-electron chi connectivity index (χ4n) is 3.25. The van der Waals surface area contributed by atoms with E-state index in [0.29, 0.717) is 11.6 Å². The van der Waals surface area contributed by atoms with E-state index in [1.807, 2.05) is 12.1 Å². The second-order valence-electron chi connectivity index (χ2n) is 6.10. The van der Waals surface area contributed by atoms with Crippen molar-refractivity contribution in [3.8, 4) is 0 Å². The van der Waals surface area contributed by atoms with Crippen molar-refractivity contribution < 1.29 is 9.72 Å². The molecule has 0 saturated heterocycles. The van der Waals surface area contributed by atoms with Crippen LogP contribution in [0.3, 0.4) is 0 Å². The monoisotopic (exact) mass is 325 g/mol. The molecule has 0 bridgehead atoms. The Morgan fingerprint density at radius 1 is 1.17 bits per heavy atom. The van der Waals surface area contributed by atoms with Gasteiger partial charge in [0.1, 0.15) is 5.69 Å². The average molecular weight is 325 g/mol. The molecule has 1 amide bonds. The highest BCUT2D eigenvalue weighted by Crippen LogP contribution is 2.33. The first kappa shape index (κ1) is 16.1. The summed E-state index contributed by atoms with van der Waals surface area (Å²) in [7, 11) is 0. The summed E-state index contributed by atoms with van der Waals surface area (Å²) in [6, 6.07) is 12.1. The van der Waals surface area contributed by atoms with Crippen LogP contribution in [0, 0.1) is 10.1 Å². The summed E-state index contributed by atoms with van der Waals surface area (Å²) in [6.07, 6.45) is 5.45. The SMILES string of the molecule is O=C(N[C@H]1CCC[C@@H](c2ccc([N+](=O)[O-])cc2)C1)c1ccccn1. The highest BCUT2D eigenvalue weighted by atomic mass is 16.6. The van der Waals surface area contributed by atoms with Crippen LogP contribution in [0.2, 0.25) is 0 Å². The zero-order chi connectivity index (χ0) is 16.9. The maximum Gasteiger partial charge on any atom is 0.270 e. The van der Waals surface area contributed by atoms with Crippen LogP contribution in [0.4, 0.5) is 5.69 Å². The molecule has 1 heterocycles. The first-order valence-corrected chi connectivity index (χ1v) is 8.10. The molecule has 1 saturated carbocycles. The van der Waals surface area contributed by atoms with Crippen molar-refractivity contribution in [1.29, 1.82) is 0 Å². The van der Waals surface area contributed by atoms with Gasteiger partial charge in [0, 0.05) is 24.4 Å². The van der Waals surface area contributed by atoms with E-state index in [4.69, 9.17) is 0 Å². The summed E-state index contributed by atoms with van der Waals surface area (Å²) < 4.78 is 0. The normalized spacial score (nSPS) is 20.3. The van der Waals surface area contributed by atoms with Crippen molar-refractivity contribution in [3.63, 3.8) is 0 Å². The van der Waals surface area contributed by atoms with Gasteiger partial charge in [0.15, 0.2) is 0 Å². The number of amides is 1. The minimum atomic E-state index is -0.388. The summed E-state index contributed by atoms with van der Waals surface area (Å²) in [4.78, 5) is 26.7. The van der Waals surface area contributed by atoms with Crippen LogP contribution in [0.5, 0.6) is 0 Å². The topological polar surface area (TPSA) is 85.1 Å². The van der Waals surface area contributed by atoms with Gasteiger partial charge in [0.05, 0.1) is 4.92 Å². The summed E-state index contributed by atoms with van der Waals surface area (Å²) in [5, 5.41) is 13.8. The van der Waals surface area contributed by atoms with Gasteiger partial charge in [-0.05, 0) is 42.9 Å². The number of nitro benzene ring substituents is 1. The van der Waals surface area contributed by atoms with Crippen LogP contribution in [-0.4, -0.2) is 21.9 Å². The van der Waals surface area contributed by atoms with Gasteiger partial charge in [-0.15, -0.1) is 0 Å². The molecule has 1 fully saturated rings. The van der Waals surface area contributed by atoms with E-state index in [0.717, 1.165) is 31.2 Å². The zero-order valence-corrected chi connectivity index (χ0v) is 13.2. The van der Waals surface area contributed by atoms with E-state index in [1.165, 1.54) is 0 Å². The Bertz CT molecular complexity index is 716. The first-order valence-electron chi connectivity index (χ1n) is 8.10. The van der Waals surface area contributed by atoms with Gasteiger partial charge >= 0.3 is 0 Å². The van der Waals surface area contributed by atoms with Gasteiger partial charge in [0.25, 0.3) is 11.6 Å². The van der Waals surface area contributed by atoms with Gasteiger partial charge in [-0.25, -0.2) is 0 Å². The van der Waals surface area contributed by atoms with Crippen LogP contribution in [0.15, 0.2) is 48.7 Å². The lowest BCUT2D eigenvalue weighted by molar-refractivity contribution is -0.384. The summed E-state index contributed by atoms with van der Waals surface area (Å²) in [5.74, 6) is 0.165. The van der Waals surface area contributed by atoms with E-state index >= 15 is 0 Å². The lowest BCUT2D eigenvalue weighted by atomic mass is 9.81. The zero-order valence-electron chi connectivity index (χ0n) is 13.2. The van der Waals surface area contributed by atoms with E-state index in [1.54, 1.807) is 36.5 Å². The minimum Gasteiger partial charge on any atom is -0.348 e. The summed E-state index contributed by atoms with van der Waals surface area (Å²) in [6.45, 7) is 0. The van der Waals surface area contributed by atoms with E-state index in [9.17, 15) is 14.9 Å². The van der Waals surface area contributed by atoms with Crippen LogP contribution in [0.1, 0.15) is 47.7 Å². The third-order valence-electron chi connectivity index (χ3n) is 4.48. The lowest BCUT2D eigenvalue weighted by Crippen LogP contribution is -2.38. The molecule has 24 heavy (non-hydrogen) atoms. The van der Waals surface area contributed by atoms with E-state index < -0.39 is 0 Å².